The second-order valence-corrected chi connectivity index (χ2v) is 4.19. The first-order chi connectivity index (χ1) is 6.16. The molecule has 0 aliphatic heterocycles. The molecule has 0 aromatic rings. The first-order valence-corrected chi connectivity index (χ1v) is 5.63. The van der Waals surface area contributed by atoms with Gasteiger partial charge in [0.1, 0.15) is 0 Å². The van der Waals surface area contributed by atoms with E-state index in [1.807, 2.05) is 0 Å². The zero-order chi connectivity index (χ0) is 10.1. The summed E-state index contributed by atoms with van der Waals surface area (Å²) in [4.78, 5) is 9.62. The van der Waals surface area contributed by atoms with Gasteiger partial charge in [0, 0.05) is 11.3 Å². The van der Waals surface area contributed by atoms with Crippen molar-refractivity contribution in [3.63, 3.8) is 0 Å². The maximum absolute atomic E-state index is 10.8. The second-order valence-electron chi connectivity index (χ2n) is 2.71. The van der Waals surface area contributed by atoms with Crippen LogP contribution in [0.15, 0.2) is 0 Å². The first-order valence-electron chi connectivity index (χ1n) is 4.27. The Morgan fingerprint density at radius 3 is 2.46 bits per heavy atom. The third-order valence-corrected chi connectivity index (χ3v) is 2.72. The summed E-state index contributed by atoms with van der Waals surface area (Å²) in [6, 6.07) is 0. The molecule has 1 unspecified atom stereocenters. The summed E-state index contributed by atoms with van der Waals surface area (Å²) >= 11 is 0. The summed E-state index contributed by atoms with van der Waals surface area (Å²) in [6.45, 7) is 0.0381. The highest BCUT2D eigenvalue weighted by Gasteiger charge is 2.12. The standard InChI is InChI=1S/C7H15NO4P/c1-12-13(11)7-5-3-2-4-6-8(9)10/h2-7H2,1H3/q+1. The molecule has 6 heteroatoms. The smallest absolute Gasteiger partial charge is 0.265 e. The minimum atomic E-state index is -1.50. The van der Waals surface area contributed by atoms with Gasteiger partial charge in [0.2, 0.25) is 6.54 Å². The molecule has 0 spiro atoms. The maximum atomic E-state index is 10.8. The summed E-state index contributed by atoms with van der Waals surface area (Å²) in [5.41, 5.74) is 0. The lowest BCUT2D eigenvalue weighted by Gasteiger charge is -1.93. The minimum Gasteiger partial charge on any atom is -0.265 e. The van der Waals surface area contributed by atoms with Gasteiger partial charge < -0.3 is 0 Å². The van der Waals surface area contributed by atoms with Crippen LogP contribution in [0.4, 0.5) is 0 Å². The first kappa shape index (κ1) is 12.5. The van der Waals surface area contributed by atoms with Gasteiger partial charge in [-0.25, -0.2) is 0 Å². The van der Waals surface area contributed by atoms with Crippen LogP contribution in [0.1, 0.15) is 25.7 Å². The molecular weight excluding hydrogens is 193 g/mol. The molecule has 0 saturated carbocycles. The van der Waals surface area contributed by atoms with Gasteiger partial charge in [-0.1, -0.05) is 0 Å². The van der Waals surface area contributed by atoms with Crippen LogP contribution in [0.5, 0.6) is 0 Å². The molecule has 13 heavy (non-hydrogen) atoms. The third kappa shape index (κ3) is 9.37. The van der Waals surface area contributed by atoms with Gasteiger partial charge in [0.15, 0.2) is 6.16 Å². The highest BCUT2D eigenvalue weighted by atomic mass is 31.1. The number of hydrogen-bond donors (Lipinski definition) is 0. The van der Waals surface area contributed by atoms with Crippen LogP contribution in [-0.2, 0) is 9.09 Å². The van der Waals surface area contributed by atoms with Gasteiger partial charge in [-0.3, -0.25) is 10.1 Å². The van der Waals surface area contributed by atoms with E-state index in [0.29, 0.717) is 12.6 Å². The fourth-order valence-corrected chi connectivity index (χ4v) is 1.59. The number of nitrogens with zero attached hydrogens (tertiary/aromatic N) is 1. The van der Waals surface area contributed by atoms with Gasteiger partial charge >= 0.3 is 8.03 Å². The summed E-state index contributed by atoms with van der Waals surface area (Å²) in [6.07, 6.45) is 3.70. The van der Waals surface area contributed by atoms with Crippen molar-refractivity contribution in [3.8, 4) is 0 Å². The summed E-state index contributed by atoms with van der Waals surface area (Å²) in [7, 11) is -0.0735. The van der Waals surface area contributed by atoms with Gasteiger partial charge in [-0.05, 0) is 23.8 Å². The summed E-state index contributed by atoms with van der Waals surface area (Å²) in [5.74, 6) is 0. The second kappa shape index (κ2) is 8.08. The third-order valence-electron chi connectivity index (χ3n) is 1.64. The average Bonchev–Trinajstić information content (AvgIpc) is 2.10. The fourth-order valence-electron chi connectivity index (χ4n) is 0.927. The molecule has 0 aromatic carbocycles. The summed E-state index contributed by atoms with van der Waals surface area (Å²) in [5, 5.41) is 9.93. The zero-order valence-corrected chi connectivity index (χ0v) is 8.66. The molecule has 0 N–H and O–H groups in total. The zero-order valence-electron chi connectivity index (χ0n) is 7.77. The van der Waals surface area contributed by atoms with Crippen molar-refractivity contribution in [1.82, 2.24) is 0 Å². The highest BCUT2D eigenvalue weighted by molar-refractivity contribution is 7.39. The monoisotopic (exact) mass is 208 g/mol. The van der Waals surface area contributed by atoms with E-state index in [2.05, 4.69) is 4.52 Å². The predicted octanol–water partition coefficient (Wildman–Crippen LogP) is 2.21. The van der Waals surface area contributed by atoms with Crippen LogP contribution >= 0.6 is 8.03 Å². The predicted molar refractivity (Wildman–Crippen MR) is 49.8 cm³/mol. The van der Waals surface area contributed by atoms with Gasteiger partial charge in [-0.15, -0.1) is 4.52 Å². The van der Waals surface area contributed by atoms with Crippen LogP contribution in [0.3, 0.4) is 0 Å². The van der Waals surface area contributed by atoms with Crippen molar-refractivity contribution in [2.45, 2.75) is 25.7 Å². The van der Waals surface area contributed by atoms with Crippen molar-refractivity contribution >= 4 is 8.03 Å². The van der Waals surface area contributed by atoms with E-state index in [4.69, 9.17) is 0 Å². The lowest BCUT2D eigenvalue weighted by atomic mass is 10.2. The lowest BCUT2D eigenvalue weighted by molar-refractivity contribution is -0.480. The minimum absolute atomic E-state index is 0.0381. The lowest BCUT2D eigenvalue weighted by Crippen LogP contribution is -1.99. The molecule has 0 heterocycles. The van der Waals surface area contributed by atoms with E-state index < -0.39 is 8.03 Å². The molecule has 76 valence electrons. The number of unbranched alkanes of at least 4 members (excludes halogenated alkanes) is 3. The van der Waals surface area contributed by atoms with E-state index >= 15 is 0 Å². The van der Waals surface area contributed by atoms with Crippen LogP contribution in [-0.4, -0.2) is 24.7 Å². The molecule has 0 fully saturated rings. The number of hydrogen-bond acceptors (Lipinski definition) is 4. The van der Waals surface area contributed by atoms with Gasteiger partial charge in [0.05, 0.1) is 7.11 Å². The Balaban J connectivity index is 3.08. The summed E-state index contributed by atoms with van der Waals surface area (Å²) < 4.78 is 15.4. The Morgan fingerprint density at radius 2 is 1.92 bits per heavy atom. The Bertz CT molecular complexity index is 174. The largest absolute Gasteiger partial charge is 0.507 e. The maximum Gasteiger partial charge on any atom is 0.507 e. The molecule has 0 saturated heterocycles. The van der Waals surface area contributed by atoms with Crippen LogP contribution in [0, 0.1) is 10.1 Å². The Hall–Kier alpha value is -0.540. The van der Waals surface area contributed by atoms with E-state index in [1.54, 1.807) is 0 Å². The van der Waals surface area contributed by atoms with Gasteiger partial charge in [0.25, 0.3) is 0 Å². The van der Waals surface area contributed by atoms with Gasteiger partial charge in [-0.2, -0.15) is 0 Å². The molecule has 0 aliphatic carbocycles. The average molecular weight is 208 g/mol. The van der Waals surface area contributed by atoms with E-state index in [9.17, 15) is 14.7 Å². The molecule has 1 atom stereocenters. The van der Waals surface area contributed by atoms with Crippen molar-refractivity contribution in [3.05, 3.63) is 10.1 Å². The molecule has 0 amide bonds. The Labute approximate surface area is 78.5 Å². The van der Waals surface area contributed by atoms with Crippen molar-refractivity contribution in [2.24, 2.45) is 0 Å². The number of rotatable bonds is 8. The van der Waals surface area contributed by atoms with Crippen molar-refractivity contribution in [2.75, 3.05) is 19.8 Å². The molecule has 0 radical (unpaired) electrons. The molecule has 5 nitrogen and oxygen atoms in total. The molecular formula is C7H15NO4P+. The van der Waals surface area contributed by atoms with E-state index in [-0.39, 0.29) is 11.5 Å². The topological polar surface area (TPSA) is 69.4 Å². The fraction of sp³-hybridized carbons (Fsp3) is 1.00. The number of nitro groups is 1. The van der Waals surface area contributed by atoms with Crippen molar-refractivity contribution < 1.29 is 14.0 Å². The quantitative estimate of drug-likeness (QED) is 0.265. The van der Waals surface area contributed by atoms with E-state index in [0.717, 1.165) is 19.3 Å². The normalized spacial score (nSPS) is 11.3. The van der Waals surface area contributed by atoms with Crippen molar-refractivity contribution in [1.29, 1.82) is 0 Å². The Morgan fingerprint density at radius 1 is 1.31 bits per heavy atom. The SMILES string of the molecule is CO[P+](=O)CCCCCC[N+](=O)[O-]. The highest BCUT2D eigenvalue weighted by Crippen LogP contribution is 2.22. The van der Waals surface area contributed by atoms with Crippen LogP contribution in [0.25, 0.3) is 0 Å². The van der Waals surface area contributed by atoms with Crippen LogP contribution < -0.4 is 0 Å². The van der Waals surface area contributed by atoms with E-state index in [1.165, 1.54) is 7.11 Å². The molecule has 0 bridgehead atoms. The molecule has 0 rings (SSSR count). The Kier molecular flexibility index (Phi) is 7.74. The molecule has 0 aliphatic rings. The van der Waals surface area contributed by atoms with Crippen LogP contribution in [0.2, 0.25) is 0 Å². The molecule has 0 aromatic heterocycles.